The number of aromatic nitrogens is 1. The van der Waals surface area contributed by atoms with Crippen LogP contribution >= 0.6 is 12.4 Å². The Balaban J connectivity index is 0.00000192. The van der Waals surface area contributed by atoms with Gasteiger partial charge in [-0.25, -0.2) is 0 Å². The maximum Gasteiger partial charge on any atom is 0.130 e. The van der Waals surface area contributed by atoms with Gasteiger partial charge in [-0.15, -0.1) is 12.4 Å². The van der Waals surface area contributed by atoms with Crippen LogP contribution in [0.15, 0.2) is 48.7 Å². The van der Waals surface area contributed by atoms with E-state index in [1.165, 1.54) is 5.56 Å². The van der Waals surface area contributed by atoms with Gasteiger partial charge in [-0.3, -0.25) is 9.88 Å². The fourth-order valence-electron chi connectivity index (χ4n) is 2.81. The predicted molar refractivity (Wildman–Crippen MR) is 95.0 cm³/mol. The van der Waals surface area contributed by atoms with Crippen LogP contribution in [0.2, 0.25) is 0 Å². The summed E-state index contributed by atoms with van der Waals surface area (Å²) in [6, 6.07) is 14.7. The molecule has 4 nitrogen and oxygen atoms in total. The normalized spacial score (nSPS) is 18.2. The fraction of sp³-hybridized carbons (Fsp3) is 0.389. The Morgan fingerprint density at radius 2 is 2.04 bits per heavy atom. The smallest absolute Gasteiger partial charge is 0.130 e. The van der Waals surface area contributed by atoms with E-state index in [0.29, 0.717) is 12.6 Å². The predicted octanol–water partition coefficient (Wildman–Crippen LogP) is 2.88. The minimum Gasteiger partial charge on any atom is -0.487 e. The number of rotatable bonds is 5. The summed E-state index contributed by atoms with van der Waals surface area (Å²) < 4.78 is 5.99. The molecular weight excluding hydrogens is 310 g/mol. The number of hydrogen-bond donors (Lipinski definition) is 1. The van der Waals surface area contributed by atoms with Crippen molar-refractivity contribution in [2.75, 3.05) is 19.6 Å². The summed E-state index contributed by atoms with van der Waals surface area (Å²) in [7, 11) is 0. The van der Waals surface area contributed by atoms with E-state index >= 15 is 0 Å². The summed E-state index contributed by atoms with van der Waals surface area (Å²) in [6.45, 7) is 6.89. The summed E-state index contributed by atoms with van der Waals surface area (Å²) in [5, 5.41) is 3.48. The Morgan fingerprint density at radius 1 is 1.22 bits per heavy atom. The first-order valence-corrected chi connectivity index (χ1v) is 7.87. The van der Waals surface area contributed by atoms with Crippen LogP contribution in [0.4, 0.5) is 0 Å². The lowest BCUT2D eigenvalue weighted by Gasteiger charge is -2.32. The van der Waals surface area contributed by atoms with Gasteiger partial charge in [0.15, 0.2) is 0 Å². The van der Waals surface area contributed by atoms with Crippen molar-refractivity contribution < 1.29 is 4.74 Å². The molecule has 0 aliphatic carbocycles. The largest absolute Gasteiger partial charge is 0.487 e. The Labute approximate surface area is 144 Å². The molecule has 0 amide bonds. The third-order valence-electron chi connectivity index (χ3n) is 3.92. The number of nitrogens with one attached hydrogen (secondary N) is 1. The third-order valence-corrected chi connectivity index (χ3v) is 3.92. The van der Waals surface area contributed by atoms with Gasteiger partial charge in [0.25, 0.3) is 0 Å². The molecule has 1 saturated heterocycles. The molecule has 1 N–H and O–H groups in total. The SMILES string of the molecule is C[C@H]1CN(Cc2ccccc2OCc2ccccn2)CCN1.Cl. The van der Waals surface area contributed by atoms with E-state index in [1.807, 2.05) is 30.3 Å². The summed E-state index contributed by atoms with van der Waals surface area (Å²) in [4.78, 5) is 6.78. The van der Waals surface area contributed by atoms with E-state index in [1.54, 1.807) is 6.20 Å². The number of benzene rings is 1. The van der Waals surface area contributed by atoms with Gasteiger partial charge in [0.05, 0.1) is 5.69 Å². The third kappa shape index (κ3) is 5.20. The number of hydrogen-bond acceptors (Lipinski definition) is 4. The molecular formula is C18H24ClN3O. The summed E-state index contributed by atoms with van der Waals surface area (Å²) in [6.07, 6.45) is 1.80. The molecule has 0 bridgehead atoms. The molecule has 3 rings (SSSR count). The van der Waals surface area contributed by atoms with Gasteiger partial charge >= 0.3 is 0 Å². The van der Waals surface area contributed by atoms with Gasteiger partial charge in [-0.05, 0) is 25.1 Å². The van der Waals surface area contributed by atoms with Crippen LogP contribution in [0.3, 0.4) is 0 Å². The van der Waals surface area contributed by atoms with Gasteiger partial charge in [-0.2, -0.15) is 0 Å². The zero-order valence-corrected chi connectivity index (χ0v) is 14.3. The van der Waals surface area contributed by atoms with Gasteiger partial charge in [0, 0.05) is 44.0 Å². The first-order valence-electron chi connectivity index (χ1n) is 7.87. The van der Waals surface area contributed by atoms with Crippen LogP contribution in [0.5, 0.6) is 5.75 Å². The Bertz CT molecular complexity index is 594. The van der Waals surface area contributed by atoms with Gasteiger partial charge in [-0.1, -0.05) is 24.3 Å². The Kier molecular flexibility index (Phi) is 6.84. The summed E-state index contributed by atoms with van der Waals surface area (Å²) in [5.74, 6) is 0.958. The second-order valence-corrected chi connectivity index (χ2v) is 5.81. The maximum atomic E-state index is 5.99. The van der Waals surface area contributed by atoms with E-state index in [4.69, 9.17) is 4.74 Å². The highest BCUT2D eigenvalue weighted by Crippen LogP contribution is 2.21. The molecule has 1 atom stereocenters. The number of pyridine rings is 1. The maximum absolute atomic E-state index is 5.99. The van der Waals surface area contributed by atoms with Crippen LogP contribution < -0.4 is 10.1 Å². The number of ether oxygens (including phenoxy) is 1. The Hall–Kier alpha value is -1.62. The van der Waals surface area contributed by atoms with Crippen molar-refractivity contribution in [2.45, 2.75) is 26.1 Å². The van der Waals surface area contributed by atoms with E-state index in [-0.39, 0.29) is 12.4 Å². The second kappa shape index (κ2) is 8.87. The molecule has 2 aromatic rings. The Morgan fingerprint density at radius 3 is 2.83 bits per heavy atom. The van der Waals surface area contributed by atoms with Crippen LogP contribution in [0.25, 0.3) is 0 Å². The van der Waals surface area contributed by atoms with Gasteiger partial charge in [0.2, 0.25) is 0 Å². The topological polar surface area (TPSA) is 37.4 Å². The van der Waals surface area contributed by atoms with E-state index < -0.39 is 0 Å². The van der Waals surface area contributed by atoms with Crippen LogP contribution in [-0.2, 0) is 13.2 Å². The van der Waals surface area contributed by atoms with Crippen LogP contribution in [0.1, 0.15) is 18.2 Å². The van der Waals surface area contributed by atoms with E-state index in [9.17, 15) is 0 Å². The van der Waals surface area contributed by atoms with Crippen LogP contribution in [0, 0.1) is 0 Å². The van der Waals surface area contributed by atoms with Crippen molar-refractivity contribution in [3.8, 4) is 5.75 Å². The van der Waals surface area contributed by atoms with Crippen LogP contribution in [-0.4, -0.2) is 35.6 Å². The quantitative estimate of drug-likeness (QED) is 0.913. The molecule has 124 valence electrons. The number of halogens is 1. The lowest BCUT2D eigenvalue weighted by Crippen LogP contribution is -2.48. The second-order valence-electron chi connectivity index (χ2n) is 5.81. The summed E-state index contributed by atoms with van der Waals surface area (Å²) in [5.41, 5.74) is 2.20. The molecule has 2 heterocycles. The molecule has 0 saturated carbocycles. The monoisotopic (exact) mass is 333 g/mol. The number of nitrogens with zero attached hydrogens (tertiary/aromatic N) is 2. The molecule has 1 aromatic carbocycles. The van der Waals surface area contributed by atoms with E-state index in [2.05, 4.69) is 34.3 Å². The summed E-state index contributed by atoms with van der Waals surface area (Å²) >= 11 is 0. The highest BCUT2D eigenvalue weighted by atomic mass is 35.5. The van der Waals surface area contributed by atoms with Crippen molar-refractivity contribution in [3.63, 3.8) is 0 Å². The minimum absolute atomic E-state index is 0. The van der Waals surface area contributed by atoms with Crippen molar-refractivity contribution in [1.29, 1.82) is 0 Å². The van der Waals surface area contributed by atoms with Gasteiger partial charge in [0.1, 0.15) is 12.4 Å². The fourth-order valence-corrected chi connectivity index (χ4v) is 2.81. The zero-order chi connectivity index (χ0) is 15.2. The standard InChI is InChI=1S/C18H23N3O.ClH/c1-15-12-21(11-10-19-15)13-16-6-2-3-8-18(16)22-14-17-7-4-5-9-20-17;/h2-9,15,19H,10-14H2,1H3;1H/t15-;/m0./s1. The molecule has 0 unspecified atom stereocenters. The molecule has 1 fully saturated rings. The zero-order valence-electron chi connectivity index (χ0n) is 13.4. The lowest BCUT2D eigenvalue weighted by molar-refractivity contribution is 0.195. The molecule has 23 heavy (non-hydrogen) atoms. The molecule has 1 aromatic heterocycles. The first-order chi connectivity index (χ1) is 10.8. The van der Waals surface area contributed by atoms with E-state index in [0.717, 1.165) is 37.6 Å². The average molecular weight is 334 g/mol. The highest BCUT2D eigenvalue weighted by molar-refractivity contribution is 5.85. The molecule has 1 aliphatic rings. The first kappa shape index (κ1) is 17.7. The highest BCUT2D eigenvalue weighted by Gasteiger charge is 2.17. The average Bonchev–Trinajstić information content (AvgIpc) is 2.55. The number of para-hydroxylation sites is 1. The molecule has 1 aliphatic heterocycles. The minimum atomic E-state index is 0. The number of piperazine rings is 1. The molecule has 0 spiro atoms. The lowest BCUT2D eigenvalue weighted by atomic mass is 10.1. The van der Waals surface area contributed by atoms with Crippen molar-refractivity contribution in [2.24, 2.45) is 0 Å². The molecule has 0 radical (unpaired) electrons. The van der Waals surface area contributed by atoms with Crippen molar-refractivity contribution in [3.05, 3.63) is 59.9 Å². The molecule has 5 heteroatoms. The van der Waals surface area contributed by atoms with Gasteiger partial charge < -0.3 is 10.1 Å². The van der Waals surface area contributed by atoms with Crippen molar-refractivity contribution in [1.82, 2.24) is 15.2 Å². The van der Waals surface area contributed by atoms with Crippen molar-refractivity contribution >= 4 is 12.4 Å².